The summed E-state index contributed by atoms with van der Waals surface area (Å²) in [5.41, 5.74) is 1.99. The third-order valence-corrected chi connectivity index (χ3v) is 7.72. The summed E-state index contributed by atoms with van der Waals surface area (Å²) in [5.74, 6) is -0.645. The molecular weight excluding hydrogens is 650 g/mol. The number of barbiturate groups is 1. The molecule has 0 unspecified atom stereocenters. The van der Waals surface area contributed by atoms with Gasteiger partial charge in [-0.15, -0.1) is 0 Å². The maximum Gasteiger partial charge on any atom is 0.335 e. The summed E-state index contributed by atoms with van der Waals surface area (Å²) in [6, 6.07) is 20.8. The molecule has 0 bridgehead atoms. The Morgan fingerprint density at radius 2 is 1.43 bits per heavy atom. The lowest BCUT2D eigenvalue weighted by atomic mass is 10.1. The minimum absolute atomic E-state index is 0.121. The number of urea groups is 1. The number of nitrogens with zero attached hydrogens (tertiary/aromatic N) is 1. The van der Waals surface area contributed by atoms with Gasteiger partial charge in [-0.1, -0.05) is 64.6 Å². The smallest absolute Gasteiger partial charge is 0.335 e. The number of ether oxygens (including phenoxy) is 3. The van der Waals surface area contributed by atoms with Crippen LogP contribution >= 0.6 is 46.4 Å². The van der Waals surface area contributed by atoms with Gasteiger partial charge in [-0.3, -0.25) is 14.9 Å². The number of methoxy groups -OCH3 is 1. The molecule has 44 heavy (non-hydrogen) atoms. The van der Waals surface area contributed by atoms with Crippen molar-refractivity contribution in [2.45, 2.75) is 13.2 Å². The molecule has 0 saturated carbocycles. The van der Waals surface area contributed by atoms with Crippen molar-refractivity contribution in [2.75, 3.05) is 12.0 Å². The molecule has 1 aliphatic heterocycles. The highest BCUT2D eigenvalue weighted by Gasteiger charge is 2.37. The lowest BCUT2D eigenvalue weighted by Gasteiger charge is -2.26. The fourth-order valence-electron chi connectivity index (χ4n) is 4.25. The number of anilines is 1. The molecule has 1 heterocycles. The largest absolute Gasteiger partial charge is 0.493 e. The maximum atomic E-state index is 13.4. The molecule has 1 aliphatic rings. The lowest BCUT2D eigenvalue weighted by molar-refractivity contribution is -0.122. The van der Waals surface area contributed by atoms with Gasteiger partial charge in [-0.25, -0.2) is 9.69 Å². The van der Waals surface area contributed by atoms with E-state index in [1.807, 2.05) is 12.1 Å². The van der Waals surface area contributed by atoms with Gasteiger partial charge in [0, 0.05) is 5.02 Å². The van der Waals surface area contributed by atoms with E-state index < -0.39 is 17.8 Å². The van der Waals surface area contributed by atoms with E-state index in [0.717, 1.165) is 16.0 Å². The van der Waals surface area contributed by atoms with Gasteiger partial charge in [0.2, 0.25) is 0 Å². The summed E-state index contributed by atoms with van der Waals surface area (Å²) in [4.78, 5) is 39.7. The van der Waals surface area contributed by atoms with E-state index in [-0.39, 0.29) is 34.4 Å². The van der Waals surface area contributed by atoms with Crippen LogP contribution in [0.25, 0.3) is 6.08 Å². The standard InChI is InChI=1S/C32H22Cl4N2O6/c1-42-28-15-20(14-27(36)29(28)44-17-19-4-11-25(34)26(35)13-19)12-24-30(39)37-32(41)38(31(24)40)22-7-9-23(10-8-22)43-16-18-2-5-21(33)6-3-18/h2-15H,16-17H2,1H3,(H,37,39,41)/b24-12+. The van der Waals surface area contributed by atoms with Crippen LogP contribution < -0.4 is 24.4 Å². The molecule has 5 rings (SSSR count). The number of nitrogens with one attached hydrogen (secondary N) is 1. The van der Waals surface area contributed by atoms with Crippen molar-refractivity contribution < 1.29 is 28.6 Å². The number of rotatable bonds is 9. The predicted molar refractivity (Wildman–Crippen MR) is 170 cm³/mol. The van der Waals surface area contributed by atoms with Crippen molar-refractivity contribution in [3.05, 3.63) is 121 Å². The van der Waals surface area contributed by atoms with Crippen LogP contribution in [0.1, 0.15) is 16.7 Å². The van der Waals surface area contributed by atoms with Crippen LogP contribution in [-0.4, -0.2) is 25.0 Å². The van der Waals surface area contributed by atoms with Gasteiger partial charge in [0.1, 0.15) is 24.5 Å². The zero-order chi connectivity index (χ0) is 31.4. The average Bonchev–Trinajstić information content (AvgIpc) is 3.00. The predicted octanol–water partition coefficient (Wildman–Crippen LogP) is 8.13. The molecule has 4 aromatic carbocycles. The first kappa shape index (κ1) is 31.2. The number of hydrogen-bond donors (Lipinski definition) is 1. The van der Waals surface area contributed by atoms with E-state index in [2.05, 4.69) is 5.32 Å². The van der Waals surface area contributed by atoms with E-state index in [0.29, 0.717) is 33.0 Å². The molecule has 8 nitrogen and oxygen atoms in total. The van der Waals surface area contributed by atoms with Gasteiger partial charge < -0.3 is 14.2 Å². The molecule has 0 spiro atoms. The zero-order valence-corrected chi connectivity index (χ0v) is 25.9. The second-order valence-corrected chi connectivity index (χ2v) is 11.1. The van der Waals surface area contributed by atoms with E-state index in [4.69, 9.17) is 60.6 Å². The number of halogens is 4. The normalized spacial score (nSPS) is 14.1. The van der Waals surface area contributed by atoms with Gasteiger partial charge in [0.05, 0.1) is 27.9 Å². The fourth-order valence-corrected chi connectivity index (χ4v) is 4.97. The summed E-state index contributed by atoms with van der Waals surface area (Å²) in [7, 11) is 1.43. The Hall–Kier alpha value is -4.21. The van der Waals surface area contributed by atoms with Crippen LogP contribution in [0.3, 0.4) is 0 Å². The Morgan fingerprint density at radius 3 is 2.11 bits per heavy atom. The minimum Gasteiger partial charge on any atom is -0.493 e. The number of amides is 4. The summed E-state index contributed by atoms with van der Waals surface area (Å²) in [6.45, 7) is 0.419. The van der Waals surface area contributed by atoms with Crippen molar-refractivity contribution in [3.8, 4) is 17.2 Å². The Balaban J connectivity index is 1.33. The highest BCUT2D eigenvalue weighted by atomic mass is 35.5. The first-order valence-corrected chi connectivity index (χ1v) is 14.5. The van der Waals surface area contributed by atoms with E-state index in [1.54, 1.807) is 60.7 Å². The first-order chi connectivity index (χ1) is 21.1. The highest BCUT2D eigenvalue weighted by Crippen LogP contribution is 2.38. The maximum absolute atomic E-state index is 13.4. The van der Waals surface area contributed by atoms with Gasteiger partial charge in [-0.05, 0) is 83.4 Å². The van der Waals surface area contributed by atoms with E-state index in [1.165, 1.54) is 19.3 Å². The Bertz CT molecular complexity index is 1780. The molecule has 1 saturated heterocycles. The molecule has 4 amide bonds. The number of carbonyl (C=O) groups excluding carboxylic acids is 3. The van der Waals surface area contributed by atoms with Crippen molar-refractivity contribution in [3.63, 3.8) is 0 Å². The first-order valence-electron chi connectivity index (χ1n) is 13.0. The van der Waals surface area contributed by atoms with Crippen LogP contribution in [0.2, 0.25) is 20.1 Å². The Kier molecular flexibility index (Phi) is 9.66. The van der Waals surface area contributed by atoms with Crippen molar-refractivity contribution in [2.24, 2.45) is 0 Å². The molecule has 1 fully saturated rings. The molecule has 4 aromatic rings. The molecule has 0 atom stereocenters. The summed E-state index contributed by atoms with van der Waals surface area (Å²) in [5, 5.41) is 3.80. The number of imide groups is 2. The van der Waals surface area contributed by atoms with Crippen molar-refractivity contribution in [1.29, 1.82) is 0 Å². The van der Waals surface area contributed by atoms with E-state index >= 15 is 0 Å². The zero-order valence-electron chi connectivity index (χ0n) is 22.9. The fraction of sp³-hybridized carbons (Fsp3) is 0.0938. The molecule has 0 aliphatic carbocycles. The Labute approximate surface area is 272 Å². The van der Waals surface area contributed by atoms with Crippen LogP contribution in [0.5, 0.6) is 17.2 Å². The SMILES string of the molecule is COc1cc(/C=C2\C(=O)NC(=O)N(c3ccc(OCc4ccc(Cl)cc4)cc3)C2=O)cc(Cl)c1OCc1ccc(Cl)c(Cl)c1. The third kappa shape index (κ3) is 7.11. The second kappa shape index (κ2) is 13.6. The van der Waals surface area contributed by atoms with Crippen LogP contribution in [0.4, 0.5) is 10.5 Å². The third-order valence-electron chi connectivity index (χ3n) is 6.45. The summed E-state index contributed by atoms with van der Waals surface area (Å²) >= 11 is 24.5. The van der Waals surface area contributed by atoms with Crippen LogP contribution in [0.15, 0.2) is 84.4 Å². The Morgan fingerprint density at radius 1 is 0.750 bits per heavy atom. The average molecular weight is 672 g/mol. The molecular formula is C32H22Cl4N2O6. The molecule has 1 N–H and O–H groups in total. The molecule has 224 valence electrons. The molecule has 12 heteroatoms. The van der Waals surface area contributed by atoms with Crippen molar-refractivity contribution in [1.82, 2.24) is 5.32 Å². The van der Waals surface area contributed by atoms with Gasteiger partial charge >= 0.3 is 6.03 Å². The second-order valence-electron chi connectivity index (χ2n) is 9.44. The van der Waals surface area contributed by atoms with Gasteiger partial charge in [0.15, 0.2) is 11.5 Å². The van der Waals surface area contributed by atoms with Gasteiger partial charge in [-0.2, -0.15) is 0 Å². The molecule has 0 aromatic heterocycles. The monoisotopic (exact) mass is 670 g/mol. The summed E-state index contributed by atoms with van der Waals surface area (Å²) < 4.78 is 17.1. The number of hydrogen-bond acceptors (Lipinski definition) is 6. The van der Waals surface area contributed by atoms with Crippen molar-refractivity contribution >= 4 is 76.0 Å². The van der Waals surface area contributed by atoms with Gasteiger partial charge in [0.25, 0.3) is 11.8 Å². The lowest BCUT2D eigenvalue weighted by Crippen LogP contribution is -2.54. The number of carbonyl (C=O) groups is 3. The van der Waals surface area contributed by atoms with Crippen LogP contribution in [0, 0.1) is 0 Å². The molecule has 0 radical (unpaired) electrons. The highest BCUT2D eigenvalue weighted by molar-refractivity contribution is 6.42. The van der Waals surface area contributed by atoms with Crippen LogP contribution in [-0.2, 0) is 22.8 Å². The minimum atomic E-state index is -0.881. The topological polar surface area (TPSA) is 94.2 Å². The summed E-state index contributed by atoms with van der Waals surface area (Å²) in [6.07, 6.45) is 1.32. The quantitative estimate of drug-likeness (QED) is 0.143. The van der Waals surface area contributed by atoms with E-state index in [9.17, 15) is 14.4 Å². The number of benzene rings is 4.